The molecule has 1 rings (SSSR count). The average Bonchev–Trinajstić information content (AvgIpc) is 1.69. The third-order valence-corrected chi connectivity index (χ3v) is 1.26. The van der Waals surface area contributed by atoms with Crippen molar-refractivity contribution in [2.45, 2.75) is 0 Å². The second-order valence-electron chi connectivity index (χ2n) is 1.30. The molecule has 2 heteroatoms. The molecule has 0 aliphatic heterocycles. The fraction of sp³-hybridized carbons (Fsp3) is 0. The molecule has 0 aliphatic carbocycles. The van der Waals surface area contributed by atoms with Crippen LogP contribution in [0.5, 0.6) is 0 Å². The molecule has 0 spiro atoms. The van der Waals surface area contributed by atoms with Crippen LogP contribution in [0.15, 0.2) is 28.5 Å². The predicted molar refractivity (Wildman–Crippen MR) is 35.5 cm³/mol. The van der Waals surface area contributed by atoms with Gasteiger partial charge in [-0.1, -0.05) is 0 Å². The third-order valence-electron chi connectivity index (χ3n) is 0.733. The molecule has 0 nitrogen and oxygen atoms in total. The van der Waals surface area contributed by atoms with Gasteiger partial charge in [-0.25, -0.2) is 0 Å². The normalized spacial score (nSPS) is 8.14. The van der Waals surface area contributed by atoms with E-state index in [1.807, 2.05) is 31.1 Å². The van der Waals surface area contributed by atoms with E-state index in [1.165, 1.54) is 0 Å². The standard InChI is InChI=1S/C5H4BBr/c7-5-3-1-2-4-6-5/h1-4H. The van der Waals surface area contributed by atoms with Crippen LogP contribution in [-0.4, -0.2) is 6.91 Å². The summed E-state index contributed by atoms with van der Waals surface area (Å²) in [6, 6.07) is 5.98. The van der Waals surface area contributed by atoms with Gasteiger partial charge < -0.3 is 0 Å². The molecular weight excluding hydrogens is 151 g/mol. The van der Waals surface area contributed by atoms with Gasteiger partial charge in [0.15, 0.2) is 0 Å². The molecular formula is C5H4BBr. The Morgan fingerprint density at radius 2 is 2.29 bits per heavy atom. The van der Waals surface area contributed by atoms with Crippen molar-refractivity contribution < 1.29 is 0 Å². The van der Waals surface area contributed by atoms with Crippen molar-refractivity contribution >= 4 is 22.8 Å². The summed E-state index contributed by atoms with van der Waals surface area (Å²) in [5.74, 6) is 1.99. The van der Waals surface area contributed by atoms with E-state index < -0.39 is 0 Å². The topological polar surface area (TPSA) is 0 Å². The summed E-state index contributed by atoms with van der Waals surface area (Å²) < 4.78 is 1.13. The molecule has 0 atom stereocenters. The average molecular weight is 155 g/mol. The summed E-state index contributed by atoms with van der Waals surface area (Å²) in [6.45, 7) is 2.00. The van der Waals surface area contributed by atoms with Gasteiger partial charge in [-0.2, -0.15) is 0 Å². The van der Waals surface area contributed by atoms with Crippen LogP contribution in [0.2, 0.25) is 0 Å². The zero-order chi connectivity index (χ0) is 5.11. The predicted octanol–water partition coefficient (Wildman–Crippen LogP) is 1.79. The summed E-state index contributed by atoms with van der Waals surface area (Å²) in [4.78, 5) is 0. The van der Waals surface area contributed by atoms with Crippen LogP contribution in [0.1, 0.15) is 0 Å². The first-order valence-corrected chi connectivity index (χ1v) is 2.89. The van der Waals surface area contributed by atoms with E-state index in [9.17, 15) is 0 Å². The zero-order valence-corrected chi connectivity index (χ0v) is 5.35. The van der Waals surface area contributed by atoms with E-state index in [1.54, 1.807) is 0 Å². The van der Waals surface area contributed by atoms with Crippen LogP contribution in [0.25, 0.3) is 0 Å². The minimum absolute atomic E-state index is 1.13. The van der Waals surface area contributed by atoms with Crippen LogP contribution in [0, 0.1) is 0 Å². The number of hydrogen-bond donors (Lipinski definition) is 0. The molecule has 34 valence electrons. The van der Waals surface area contributed by atoms with Crippen LogP contribution < -0.4 is 0 Å². The molecule has 0 saturated heterocycles. The van der Waals surface area contributed by atoms with Gasteiger partial charge in [0.1, 0.15) is 0 Å². The number of hydrogen-bond acceptors (Lipinski definition) is 0. The second kappa shape index (κ2) is 2.27. The minimum atomic E-state index is 1.13. The van der Waals surface area contributed by atoms with Crippen molar-refractivity contribution in [1.82, 2.24) is 0 Å². The Morgan fingerprint density at radius 3 is 2.57 bits per heavy atom. The molecule has 1 aromatic rings. The SMILES string of the molecule is Brc1bcccc1. The Hall–Kier alpha value is -0.105. The maximum atomic E-state index is 3.31. The molecule has 0 radical (unpaired) electrons. The molecule has 0 bridgehead atoms. The van der Waals surface area contributed by atoms with Gasteiger partial charge in [0.25, 0.3) is 0 Å². The van der Waals surface area contributed by atoms with Crippen LogP contribution >= 0.6 is 15.9 Å². The van der Waals surface area contributed by atoms with E-state index in [0.29, 0.717) is 0 Å². The summed E-state index contributed by atoms with van der Waals surface area (Å²) >= 11 is 3.31. The van der Waals surface area contributed by atoms with Gasteiger partial charge in [0, 0.05) is 0 Å². The molecule has 7 heavy (non-hydrogen) atoms. The van der Waals surface area contributed by atoms with Crippen molar-refractivity contribution in [2.75, 3.05) is 0 Å². The Labute approximate surface area is 51.9 Å². The van der Waals surface area contributed by atoms with Gasteiger partial charge in [-0.3, -0.25) is 0 Å². The van der Waals surface area contributed by atoms with Crippen LogP contribution in [0.4, 0.5) is 0 Å². The van der Waals surface area contributed by atoms with Gasteiger partial charge >= 0.3 is 51.4 Å². The number of rotatable bonds is 0. The third kappa shape index (κ3) is 1.43. The summed E-state index contributed by atoms with van der Waals surface area (Å²) in [5.41, 5.74) is 0. The molecule has 0 unspecified atom stereocenters. The van der Waals surface area contributed by atoms with E-state index in [0.717, 1.165) is 4.37 Å². The number of halogens is 1. The van der Waals surface area contributed by atoms with Gasteiger partial charge in [0.2, 0.25) is 0 Å². The fourth-order valence-corrected chi connectivity index (χ4v) is 0.720. The molecule has 0 saturated carbocycles. The Bertz CT molecular complexity index is 138. The van der Waals surface area contributed by atoms with Crippen molar-refractivity contribution in [3.05, 3.63) is 28.5 Å². The molecule has 0 N–H and O–H groups in total. The fourth-order valence-electron chi connectivity index (χ4n) is 0.415. The molecule has 0 fully saturated rings. The van der Waals surface area contributed by atoms with Crippen molar-refractivity contribution in [3.8, 4) is 0 Å². The first-order chi connectivity index (χ1) is 3.39. The zero-order valence-electron chi connectivity index (χ0n) is 3.76. The Morgan fingerprint density at radius 1 is 1.43 bits per heavy atom. The Balaban J connectivity index is 3.02. The van der Waals surface area contributed by atoms with E-state index in [-0.39, 0.29) is 0 Å². The second-order valence-corrected chi connectivity index (χ2v) is 2.21. The summed E-state index contributed by atoms with van der Waals surface area (Å²) in [6.07, 6.45) is 0. The molecule has 0 amide bonds. The van der Waals surface area contributed by atoms with Crippen LogP contribution in [-0.2, 0) is 0 Å². The van der Waals surface area contributed by atoms with E-state index >= 15 is 0 Å². The van der Waals surface area contributed by atoms with Gasteiger partial charge in [0.05, 0.1) is 0 Å². The maximum absolute atomic E-state index is 3.31. The van der Waals surface area contributed by atoms with Crippen molar-refractivity contribution in [2.24, 2.45) is 0 Å². The van der Waals surface area contributed by atoms with Crippen LogP contribution in [0.3, 0.4) is 0 Å². The van der Waals surface area contributed by atoms with Crippen molar-refractivity contribution in [1.29, 1.82) is 0 Å². The molecule has 0 aromatic carbocycles. The first-order valence-electron chi connectivity index (χ1n) is 2.10. The molecule has 1 heterocycles. The van der Waals surface area contributed by atoms with Gasteiger partial charge in [-0.05, 0) is 0 Å². The monoisotopic (exact) mass is 154 g/mol. The summed E-state index contributed by atoms with van der Waals surface area (Å²) in [7, 11) is 0. The van der Waals surface area contributed by atoms with E-state index in [2.05, 4.69) is 15.9 Å². The molecule has 1 aromatic heterocycles. The quantitative estimate of drug-likeness (QED) is 0.535. The van der Waals surface area contributed by atoms with Crippen molar-refractivity contribution in [3.63, 3.8) is 0 Å². The van der Waals surface area contributed by atoms with Gasteiger partial charge in [-0.15, -0.1) is 0 Å². The summed E-state index contributed by atoms with van der Waals surface area (Å²) in [5, 5.41) is 0. The first kappa shape index (κ1) is 5.04. The van der Waals surface area contributed by atoms with E-state index in [4.69, 9.17) is 0 Å². The molecule has 0 aliphatic rings. The Kier molecular flexibility index (Phi) is 1.63.